The second-order valence-corrected chi connectivity index (χ2v) is 8.75. The van der Waals surface area contributed by atoms with Gasteiger partial charge in [0.1, 0.15) is 9.84 Å². The molecule has 1 aromatic rings. The van der Waals surface area contributed by atoms with Gasteiger partial charge in [0.05, 0.1) is 17.8 Å². The molecule has 0 radical (unpaired) electrons. The van der Waals surface area contributed by atoms with Crippen molar-refractivity contribution in [3.8, 4) is 0 Å². The largest absolute Gasteiger partial charge is 0.348 e. The van der Waals surface area contributed by atoms with Crippen LogP contribution >= 0.6 is 0 Å². The molecular weight excluding hydrogens is 312 g/mol. The van der Waals surface area contributed by atoms with Crippen LogP contribution in [0.5, 0.6) is 0 Å². The number of carbonyl (C=O) groups is 1. The summed E-state index contributed by atoms with van der Waals surface area (Å²) in [6, 6.07) is 5.43. The van der Waals surface area contributed by atoms with Crippen LogP contribution in [0.1, 0.15) is 48.9 Å². The Labute approximate surface area is 138 Å². The molecule has 0 aliphatic heterocycles. The summed E-state index contributed by atoms with van der Waals surface area (Å²) in [5, 5.41) is 2.88. The molecule has 0 spiro atoms. The Balaban J connectivity index is 1.95. The van der Waals surface area contributed by atoms with Crippen LogP contribution in [-0.4, -0.2) is 32.4 Å². The van der Waals surface area contributed by atoms with Crippen molar-refractivity contribution in [2.75, 3.05) is 12.0 Å². The number of rotatable bonds is 6. The molecule has 23 heavy (non-hydrogen) atoms. The van der Waals surface area contributed by atoms with Crippen LogP contribution in [0.2, 0.25) is 0 Å². The summed E-state index contributed by atoms with van der Waals surface area (Å²) in [5.41, 5.74) is 9.63. The Morgan fingerprint density at radius 3 is 2.57 bits per heavy atom. The van der Waals surface area contributed by atoms with E-state index in [0.29, 0.717) is 0 Å². The Bertz CT molecular complexity index is 670. The highest BCUT2D eigenvalue weighted by Crippen LogP contribution is 2.24. The number of hydrogen-bond acceptors (Lipinski definition) is 4. The average molecular weight is 338 g/mol. The van der Waals surface area contributed by atoms with Crippen LogP contribution in [0.4, 0.5) is 0 Å². The van der Waals surface area contributed by atoms with Crippen LogP contribution in [0.15, 0.2) is 18.2 Å². The Kier molecular flexibility index (Phi) is 5.81. The number of hydrogen-bond donors (Lipinski definition) is 2. The number of fused-ring (bicyclic) bond motifs is 1. The molecule has 1 aliphatic carbocycles. The fraction of sp³-hybridized carbons (Fsp3) is 0.588. The van der Waals surface area contributed by atoms with E-state index >= 15 is 0 Å². The van der Waals surface area contributed by atoms with Gasteiger partial charge >= 0.3 is 0 Å². The van der Waals surface area contributed by atoms with Gasteiger partial charge in [-0.2, -0.15) is 0 Å². The quantitative estimate of drug-likeness (QED) is 0.823. The fourth-order valence-electron chi connectivity index (χ4n) is 2.90. The van der Waals surface area contributed by atoms with Crippen LogP contribution in [0.25, 0.3) is 0 Å². The van der Waals surface area contributed by atoms with Crippen molar-refractivity contribution in [1.29, 1.82) is 0 Å². The molecule has 1 amide bonds. The normalized spacial score (nSPS) is 17.2. The lowest BCUT2D eigenvalue weighted by molar-refractivity contribution is -0.123. The molecule has 1 aromatic carbocycles. The lowest BCUT2D eigenvalue weighted by Gasteiger charge is -2.21. The summed E-state index contributed by atoms with van der Waals surface area (Å²) in [6.07, 6.45) is 5.97. The lowest BCUT2D eigenvalue weighted by Crippen LogP contribution is -2.42. The standard InChI is InChI=1S/C17H26N2O3S/c1-12(19-17(20)16(18)9-10-23(2,21)22)14-8-7-13-5-3-4-6-15(13)11-14/h7-8,11-12,16H,3-6,9-10,18H2,1-2H3,(H,19,20). The van der Waals surface area contributed by atoms with Crippen LogP contribution in [0.3, 0.4) is 0 Å². The van der Waals surface area contributed by atoms with E-state index in [-0.39, 0.29) is 24.1 Å². The fourth-order valence-corrected chi connectivity index (χ4v) is 3.58. The maximum atomic E-state index is 12.1. The van der Waals surface area contributed by atoms with E-state index in [4.69, 9.17) is 5.73 Å². The predicted molar refractivity (Wildman–Crippen MR) is 91.9 cm³/mol. The Morgan fingerprint density at radius 1 is 1.26 bits per heavy atom. The second kappa shape index (κ2) is 7.45. The van der Waals surface area contributed by atoms with Gasteiger partial charge in [0.2, 0.25) is 5.91 Å². The SMILES string of the molecule is CC(NC(=O)C(N)CCS(C)(=O)=O)c1ccc2c(c1)CCCC2. The van der Waals surface area contributed by atoms with Gasteiger partial charge in [-0.3, -0.25) is 4.79 Å². The molecule has 0 fully saturated rings. The predicted octanol–water partition coefficient (Wildman–Crippen LogP) is 1.50. The first-order valence-corrected chi connectivity index (χ1v) is 10.2. The van der Waals surface area contributed by atoms with Crippen LogP contribution in [-0.2, 0) is 27.5 Å². The Morgan fingerprint density at radius 2 is 1.91 bits per heavy atom. The number of benzene rings is 1. The molecule has 128 valence electrons. The molecular formula is C17H26N2O3S. The molecule has 5 nitrogen and oxygen atoms in total. The summed E-state index contributed by atoms with van der Waals surface area (Å²) in [5.74, 6) is -0.381. The smallest absolute Gasteiger partial charge is 0.237 e. The summed E-state index contributed by atoms with van der Waals surface area (Å²) < 4.78 is 22.3. The second-order valence-electron chi connectivity index (χ2n) is 6.49. The highest BCUT2D eigenvalue weighted by atomic mass is 32.2. The third-order valence-electron chi connectivity index (χ3n) is 4.37. The summed E-state index contributed by atoms with van der Waals surface area (Å²) in [7, 11) is -3.10. The topological polar surface area (TPSA) is 89.3 Å². The molecule has 2 atom stereocenters. The number of sulfone groups is 1. The van der Waals surface area contributed by atoms with Crippen molar-refractivity contribution in [1.82, 2.24) is 5.32 Å². The molecule has 0 bridgehead atoms. The van der Waals surface area contributed by atoms with E-state index in [0.717, 1.165) is 24.7 Å². The molecule has 1 aliphatic rings. The number of nitrogens with two attached hydrogens (primary N) is 1. The molecule has 0 saturated carbocycles. The number of amides is 1. The van der Waals surface area contributed by atoms with E-state index in [9.17, 15) is 13.2 Å². The zero-order valence-electron chi connectivity index (χ0n) is 13.8. The number of aryl methyl sites for hydroxylation is 2. The third-order valence-corrected chi connectivity index (χ3v) is 5.35. The summed E-state index contributed by atoms with van der Waals surface area (Å²) in [6.45, 7) is 1.92. The van der Waals surface area contributed by atoms with Crippen molar-refractivity contribution in [2.45, 2.75) is 51.1 Å². The minimum Gasteiger partial charge on any atom is -0.348 e. The van der Waals surface area contributed by atoms with Crippen molar-refractivity contribution in [2.24, 2.45) is 5.73 Å². The van der Waals surface area contributed by atoms with E-state index in [1.165, 1.54) is 24.0 Å². The van der Waals surface area contributed by atoms with Gasteiger partial charge in [0, 0.05) is 6.26 Å². The third kappa shape index (κ3) is 5.32. The van der Waals surface area contributed by atoms with Gasteiger partial charge < -0.3 is 11.1 Å². The first-order valence-electron chi connectivity index (χ1n) is 8.11. The maximum absolute atomic E-state index is 12.1. The molecule has 0 aromatic heterocycles. The van der Waals surface area contributed by atoms with Gasteiger partial charge in [0.25, 0.3) is 0 Å². The highest BCUT2D eigenvalue weighted by molar-refractivity contribution is 7.90. The van der Waals surface area contributed by atoms with Gasteiger partial charge in [-0.1, -0.05) is 18.2 Å². The van der Waals surface area contributed by atoms with Crippen molar-refractivity contribution < 1.29 is 13.2 Å². The summed E-state index contributed by atoms with van der Waals surface area (Å²) >= 11 is 0. The van der Waals surface area contributed by atoms with Crippen LogP contribution in [0, 0.1) is 0 Å². The molecule has 0 heterocycles. The van der Waals surface area contributed by atoms with Gasteiger partial charge in [-0.15, -0.1) is 0 Å². The lowest BCUT2D eigenvalue weighted by atomic mass is 9.89. The first kappa shape index (κ1) is 17.9. The van der Waals surface area contributed by atoms with E-state index in [2.05, 4.69) is 23.5 Å². The van der Waals surface area contributed by atoms with Crippen molar-refractivity contribution >= 4 is 15.7 Å². The number of carbonyl (C=O) groups excluding carboxylic acids is 1. The minimum atomic E-state index is -3.10. The number of nitrogens with one attached hydrogen (secondary N) is 1. The highest BCUT2D eigenvalue weighted by Gasteiger charge is 2.19. The minimum absolute atomic E-state index is 0.0746. The maximum Gasteiger partial charge on any atom is 0.237 e. The van der Waals surface area contributed by atoms with E-state index in [1.807, 2.05) is 6.92 Å². The Hall–Kier alpha value is -1.40. The van der Waals surface area contributed by atoms with Gasteiger partial charge in [0.15, 0.2) is 0 Å². The zero-order chi connectivity index (χ0) is 17.0. The van der Waals surface area contributed by atoms with E-state index in [1.54, 1.807) is 0 Å². The molecule has 2 unspecified atom stereocenters. The summed E-state index contributed by atoms with van der Waals surface area (Å²) in [4.78, 5) is 12.1. The first-order chi connectivity index (χ1) is 10.8. The van der Waals surface area contributed by atoms with Crippen LogP contribution < -0.4 is 11.1 Å². The van der Waals surface area contributed by atoms with E-state index < -0.39 is 15.9 Å². The molecule has 3 N–H and O–H groups in total. The zero-order valence-corrected chi connectivity index (χ0v) is 14.7. The molecule has 0 saturated heterocycles. The van der Waals surface area contributed by atoms with Gasteiger partial charge in [-0.05, 0) is 55.7 Å². The van der Waals surface area contributed by atoms with Crippen molar-refractivity contribution in [3.05, 3.63) is 34.9 Å². The monoisotopic (exact) mass is 338 g/mol. The van der Waals surface area contributed by atoms with Crippen molar-refractivity contribution in [3.63, 3.8) is 0 Å². The van der Waals surface area contributed by atoms with Gasteiger partial charge in [-0.25, -0.2) is 8.42 Å². The average Bonchev–Trinajstić information content (AvgIpc) is 2.51. The molecule has 2 rings (SSSR count). The molecule has 6 heteroatoms.